The first-order valence-electron chi connectivity index (χ1n) is 6.41. The molecule has 19 heavy (non-hydrogen) atoms. The molecule has 1 amide bonds. The Bertz CT molecular complexity index is 283. The van der Waals surface area contributed by atoms with Crippen LogP contribution in [0.4, 0.5) is 13.2 Å². The predicted molar refractivity (Wildman–Crippen MR) is 70.3 cm³/mol. The molecule has 1 N–H and O–H groups in total. The Balaban J connectivity index is 0.00000324. The third-order valence-corrected chi connectivity index (χ3v) is 3.37. The molecule has 1 aliphatic heterocycles. The van der Waals surface area contributed by atoms with Crippen LogP contribution in [0.15, 0.2) is 0 Å². The van der Waals surface area contributed by atoms with Crippen LogP contribution in [0.5, 0.6) is 0 Å². The number of nitrogens with one attached hydrogen (secondary N) is 1. The first-order chi connectivity index (χ1) is 8.35. The average Bonchev–Trinajstić information content (AvgIpc) is 2.19. The number of alkyl halides is 3. The van der Waals surface area contributed by atoms with Gasteiger partial charge in [-0.1, -0.05) is 20.3 Å². The van der Waals surface area contributed by atoms with Gasteiger partial charge < -0.3 is 10.2 Å². The lowest BCUT2D eigenvalue weighted by Gasteiger charge is -2.35. The van der Waals surface area contributed by atoms with Crippen LogP contribution in [0.25, 0.3) is 0 Å². The fourth-order valence-corrected chi connectivity index (χ4v) is 1.99. The van der Waals surface area contributed by atoms with Crippen LogP contribution < -0.4 is 5.32 Å². The Morgan fingerprint density at radius 2 is 2.00 bits per heavy atom. The van der Waals surface area contributed by atoms with Gasteiger partial charge in [-0.3, -0.25) is 4.79 Å². The second-order valence-electron chi connectivity index (χ2n) is 4.94. The van der Waals surface area contributed by atoms with Gasteiger partial charge in [0.05, 0.1) is 0 Å². The molecule has 0 radical (unpaired) electrons. The predicted octanol–water partition coefficient (Wildman–Crippen LogP) is 2.45. The zero-order chi connectivity index (χ0) is 13.8. The summed E-state index contributed by atoms with van der Waals surface area (Å²) in [6.07, 6.45) is -2.93. The quantitative estimate of drug-likeness (QED) is 0.817. The first-order valence-corrected chi connectivity index (χ1v) is 6.41. The molecule has 1 unspecified atom stereocenters. The first kappa shape index (κ1) is 18.5. The molecular weight excluding hydrogens is 281 g/mol. The summed E-state index contributed by atoms with van der Waals surface area (Å²) in [5.74, 6) is -0.521. The average molecular weight is 303 g/mol. The highest BCUT2D eigenvalue weighted by atomic mass is 35.5. The third-order valence-electron chi connectivity index (χ3n) is 3.37. The van der Waals surface area contributed by atoms with E-state index in [0.29, 0.717) is 6.42 Å². The molecule has 0 aliphatic carbocycles. The SMILES string of the molecule is CCCCN(CC(F)(F)F)C(=O)C(C)C1CNC1.Cl. The molecule has 0 bridgehead atoms. The summed E-state index contributed by atoms with van der Waals surface area (Å²) in [7, 11) is 0. The van der Waals surface area contributed by atoms with Crippen molar-refractivity contribution >= 4 is 18.3 Å². The smallest absolute Gasteiger partial charge is 0.333 e. The van der Waals surface area contributed by atoms with Crippen molar-refractivity contribution in [1.82, 2.24) is 10.2 Å². The number of amides is 1. The Labute approximate surface area is 118 Å². The lowest BCUT2D eigenvalue weighted by molar-refractivity contribution is -0.165. The number of halogens is 4. The summed E-state index contributed by atoms with van der Waals surface area (Å²) in [6.45, 7) is 4.13. The second kappa shape index (κ2) is 7.94. The van der Waals surface area contributed by atoms with Crippen molar-refractivity contribution in [3.8, 4) is 0 Å². The molecule has 1 aliphatic rings. The van der Waals surface area contributed by atoms with Crippen molar-refractivity contribution in [1.29, 1.82) is 0 Å². The molecular formula is C12H22ClF3N2O. The minimum absolute atomic E-state index is 0. The largest absolute Gasteiger partial charge is 0.406 e. The van der Waals surface area contributed by atoms with E-state index in [9.17, 15) is 18.0 Å². The van der Waals surface area contributed by atoms with E-state index in [-0.39, 0.29) is 36.7 Å². The Hall–Kier alpha value is -0.490. The molecule has 1 heterocycles. The number of hydrogen-bond acceptors (Lipinski definition) is 2. The zero-order valence-electron chi connectivity index (χ0n) is 11.3. The maximum atomic E-state index is 12.4. The summed E-state index contributed by atoms with van der Waals surface area (Å²) in [5, 5.41) is 3.03. The van der Waals surface area contributed by atoms with Crippen LogP contribution in [0, 0.1) is 11.8 Å². The number of unbranched alkanes of at least 4 members (excludes halogenated alkanes) is 1. The number of nitrogens with zero attached hydrogens (tertiary/aromatic N) is 1. The van der Waals surface area contributed by atoms with Crippen LogP contribution in [-0.2, 0) is 4.79 Å². The highest BCUT2D eigenvalue weighted by Gasteiger charge is 2.37. The monoisotopic (exact) mass is 302 g/mol. The molecule has 1 fully saturated rings. The van der Waals surface area contributed by atoms with E-state index in [4.69, 9.17) is 0 Å². The van der Waals surface area contributed by atoms with Gasteiger partial charge in [0.15, 0.2) is 0 Å². The summed E-state index contributed by atoms with van der Waals surface area (Å²) in [6, 6.07) is 0. The topological polar surface area (TPSA) is 32.3 Å². The third kappa shape index (κ3) is 5.99. The van der Waals surface area contributed by atoms with Gasteiger partial charge in [0.2, 0.25) is 5.91 Å². The lowest BCUT2D eigenvalue weighted by Crippen LogP contribution is -2.51. The van der Waals surface area contributed by atoms with Crippen LogP contribution in [0.3, 0.4) is 0 Å². The Morgan fingerprint density at radius 3 is 2.37 bits per heavy atom. The highest BCUT2D eigenvalue weighted by molar-refractivity contribution is 5.85. The van der Waals surface area contributed by atoms with Crippen LogP contribution in [-0.4, -0.2) is 43.2 Å². The summed E-state index contributed by atoms with van der Waals surface area (Å²) in [4.78, 5) is 13.0. The van der Waals surface area contributed by atoms with Gasteiger partial charge in [0.25, 0.3) is 0 Å². The number of hydrogen-bond donors (Lipinski definition) is 1. The molecule has 3 nitrogen and oxygen atoms in total. The molecule has 1 atom stereocenters. The number of carbonyl (C=O) groups excluding carboxylic acids is 1. The molecule has 0 spiro atoms. The van der Waals surface area contributed by atoms with E-state index in [1.54, 1.807) is 6.92 Å². The maximum absolute atomic E-state index is 12.4. The van der Waals surface area contributed by atoms with Gasteiger partial charge >= 0.3 is 6.18 Å². The molecule has 0 aromatic carbocycles. The minimum atomic E-state index is -4.32. The standard InChI is InChI=1S/C12H21F3N2O.ClH/c1-3-4-5-17(8-12(13,14)15)11(18)9(2)10-6-16-7-10;/h9-10,16H,3-8H2,1-2H3;1H. The van der Waals surface area contributed by atoms with E-state index >= 15 is 0 Å². The van der Waals surface area contributed by atoms with Crippen LogP contribution in [0.1, 0.15) is 26.7 Å². The molecule has 7 heteroatoms. The summed E-state index contributed by atoms with van der Waals surface area (Å²) in [5.41, 5.74) is 0. The second-order valence-corrected chi connectivity index (χ2v) is 4.94. The van der Waals surface area contributed by atoms with E-state index in [2.05, 4.69) is 5.32 Å². The molecule has 114 valence electrons. The van der Waals surface area contributed by atoms with Crippen LogP contribution in [0.2, 0.25) is 0 Å². The zero-order valence-corrected chi connectivity index (χ0v) is 12.1. The Morgan fingerprint density at radius 1 is 1.42 bits per heavy atom. The van der Waals surface area contributed by atoms with Gasteiger partial charge in [-0.2, -0.15) is 13.2 Å². The number of rotatable bonds is 6. The van der Waals surface area contributed by atoms with Gasteiger partial charge in [-0.05, 0) is 25.4 Å². The van der Waals surface area contributed by atoms with Gasteiger partial charge in [0, 0.05) is 12.5 Å². The van der Waals surface area contributed by atoms with E-state index in [1.165, 1.54) is 0 Å². The van der Waals surface area contributed by atoms with Gasteiger partial charge in [-0.15, -0.1) is 12.4 Å². The highest BCUT2D eigenvalue weighted by Crippen LogP contribution is 2.22. The van der Waals surface area contributed by atoms with E-state index in [1.807, 2.05) is 6.92 Å². The van der Waals surface area contributed by atoms with Crippen molar-refractivity contribution in [2.24, 2.45) is 11.8 Å². The van der Waals surface area contributed by atoms with Crippen LogP contribution >= 0.6 is 12.4 Å². The summed E-state index contributed by atoms with van der Waals surface area (Å²) >= 11 is 0. The normalized spacial score (nSPS) is 17.3. The van der Waals surface area contributed by atoms with Crippen molar-refractivity contribution < 1.29 is 18.0 Å². The van der Waals surface area contributed by atoms with Crippen molar-refractivity contribution in [3.63, 3.8) is 0 Å². The fraction of sp³-hybridized carbons (Fsp3) is 0.917. The van der Waals surface area contributed by atoms with Gasteiger partial charge in [-0.25, -0.2) is 0 Å². The molecule has 0 aromatic rings. The van der Waals surface area contributed by atoms with E-state index in [0.717, 1.165) is 24.4 Å². The number of carbonyl (C=O) groups is 1. The maximum Gasteiger partial charge on any atom is 0.406 e. The molecule has 1 rings (SSSR count). The van der Waals surface area contributed by atoms with Crippen molar-refractivity contribution in [2.45, 2.75) is 32.9 Å². The molecule has 0 saturated carbocycles. The molecule has 0 aromatic heterocycles. The van der Waals surface area contributed by atoms with E-state index < -0.39 is 12.7 Å². The molecule has 1 saturated heterocycles. The van der Waals surface area contributed by atoms with Gasteiger partial charge in [0.1, 0.15) is 6.54 Å². The minimum Gasteiger partial charge on any atom is -0.333 e. The van der Waals surface area contributed by atoms with Crippen molar-refractivity contribution in [2.75, 3.05) is 26.2 Å². The Kier molecular flexibility index (Phi) is 7.74. The lowest BCUT2D eigenvalue weighted by atomic mass is 9.88. The fourth-order valence-electron chi connectivity index (χ4n) is 1.99. The van der Waals surface area contributed by atoms with Crippen molar-refractivity contribution in [3.05, 3.63) is 0 Å². The summed E-state index contributed by atoms with van der Waals surface area (Å²) < 4.78 is 37.3.